The fourth-order valence-electron chi connectivity index (χ4n) is 2.40. The maximum absolute atomic E-state index is 12.8. The molecule has 0 fully saturated rings. The van der Waals surface area contributed by atoms with Gasteiger partial charge in [-0.2, -0.15) is 5.10 Å². The van der Waals surface area contributed by atoms with E-state index in [2.05, 4.69) is 14.9 Å². The van der Waals surface area contributed by atoms with Crippen molar-refractivity contribution in [2.24, 2.45) is 0 Å². The van der Waals surface area contributed by atoms with Gasteiger partial charge in [0.25, 0.3) is 5.56 Å². The third-order valence-electron chi connectivity index (χ3n) is 3.74. The Hall–Kier alpha value is -2.97. The molecule has 0 unspecified atom stereocenters. The second-order valence-electron chi connectivity index (χ2n) is 5.48. The molecule has 0 bridgehead atoms. The molecule has 3 aromatic rings. The summed E-state index contributed by atoms with van der Waals surface area (Å²) in [5.74, 6) is 0.221. The fourth-order valence-corrected chi connectivity index (χ4v) is 3.61. The zero-order valence-corrected chi connectivity index (χ0v) is 14.8. The first-order chi connectivity index (χ1) is 12.5. The molecule has 8 heteroatoms. The highest BCUT2D eigenvalue weighted by Crippen LogP contribution is 2.28. The highest BCUT2D eigenvalue weighted by atomic mass is 32.2. The van der Waals surface area contributed by atoms with Crippen molar-refractivity contribution in [3.63, 3.8) is 0 Å². The van der Waals surface area contributed by atoms with Crippen LogP contribution in [-0.2, 0) is 16.6 Å². The number of nitrogens with zero attached hydrogens (tertiary/aromatic N) is 1. The summed E-state index contributed by atoms with van der Waals surface area (Å²) < 4.78 is 33.3. The molecule has 0 spiro atoms. The van der Waals surface area contributed by atoms with Gasteiger partial charge in [0.05, 0.1) is 12.8 Å². The number of nitrogens with one attached hydrogen (secondary N) is 2. The molecule has 2 N–H and O–H groups in total. The number of aromatic amines is 1. The lowest BCUT2D eigenvalue weighted by Gasteiger charge is -2.12. The molecular weight excluding hydrogens is 354 g/mol. The van der Waals surface area contributed by atoms with Crippen molar-refractivity contribution >= 4 is 10.0 Å². The largest absolute Gasteiger partial charge is 0.495 e. The monoisotopic (exact) mass is 371 g/mol. The first-order valence-corrected chi connectivity index (χ1v) is 9.25. The molecular formula is C18H17N3O4S. The molecule has 26 heavy (non-hydrogen) atoms. The minimum absolute atomic E-state index is 0.00133. The van der Waals surface area contributed by atoms with Crippen LogP contribution in [0.25, 0.3) is 11.3 Å². The Morgan fingerprint density at radius 2 is 1.85 bits per heavy atom. The summed E-state index contributed by atoms with van der Waals surface area (Å²) in [5, 5.41) is 6.26. The van der Waals surface area contributed by atoms with Crippen molar-refractivity contribution < 1.29 is 13.2 Å². The number of hydrogen-bond donors (Lipinski definition) is 2. The molecule has 1 aromatic heterocycles. The lowest BCUT2D eigenvalue weighted by molar-refractivity contribution is 0.402. The SMILES string of the molecule is COc1ccc(-c2ccc(=O)[nH]n2)cc1S(=O)(=O)NCc1ccccc1. The van der Waals surface area contributed by atoms with Gasteiger partial charge < -0.3 is 4.74 Å². The van der Waals surface area contributed by atoms with E-state index in [1.165, 1.54) is 25.3 Å². The van der Waals surface area contributed by atoms with E-state index in [0.29, 0.717) is 11.3 Å². The van der Waals surface area contributed by atoms with Crippen LogP contribution in [0.4, 0.5) is 0 Å². The van der Waals surface area contributed by atoms with E-state index in [9.17, 15) is 13.2 Å². The Morgan fingerprint density at radius 1 is 1.08 bits per heavy atom. The van der Waals surface area contributed by atoms with Crippen LogP contribution in [0, 0.1) is 0 Å². The van der Waals surface area contributed by atoms with Crippen LogP contribution in [0.3, 0.4) is 0 Å². The normalized spacial score (nSPS) is 11.3. The summed E-state index contributed by atoms with van der Waals surface area (Å²) in [4.78, 5) is 11.2. The van der Waals surface area contributed by atoms with Crippen molar-refractivity contribution in [2.75, 3.05) is 7.11 Å². The third kappa shape index (κ3) is 3.98. The number of rotatable bonds is 6. The standard InChI is InChI=1S/C18H17N3O4S/c1-25-16-9-7-14(15-8-10-18(22)21-20-15)11-17(16)26(23,24)19-12-13-5-3-2-4-6-13/h2-11,19H,12H2,1H3,(H,21,22). The summed E-state index contributed by atoms with van der Waals surface area (Å²) in [6.07, 6.45) is 0. The summed E-state index contributed by atoms with van der Waals surface area (Å²) in [6.45, 7) is 0.160. The number of methoxy groups -OCH3 is 1. The predicted molar refractivity (Wildman–Crippen MR) is 97.3 cm³/mol. The van der Waals surface area contributed by atoms with E-state index >= 15 is 0 Å². The van der Waals surface area contributed by atoms with Crippen LogP contribution < -0.4 is 15.0 Å². The van der Waals surface area contributed by atoms with E-state index < -0.39 is 10.0 Å². The van der Waals surface area contributed by atoms with Gasteiger partial charge in [0, 0.05) is 18.2 Å². The van der Waals surface area contributed by atoms with Gasteiger partial charge in [-0.1, -0.05) is 30.3 Å². The molecule has 0 saturated carbocycles. The first kappa shape index (κ1) is 17.8. The summed E-state index contributed by atoms with van der Waals surface area (Å²) in [5.41, 5.74) is 1.50. The van der Waals surface area contributed by atoms with Gasteiger partial charge in [0.1, 0.15) is 10.6 Å². The van der Waals surface area contributed by atoms with E-state index in [-0.39, 0.29) is 22.7 Å². The maximum atomic E-state index is 12.8. The van der Waals surface area contributed by atoms with E-state index in [1.807, 2.05) is 30.3 Å². The average molecular weight is 371 g/mol. The predicted octanol–water partition coefficient (Wildman–Crippen LogP) is 1.92. The molecule has 3 rings (SSSR count). The van der Waals surface area contributed by atoms with E-state index in [0.717, 1.165) is 5.56 Å². The quantitative estimate of drug-likeness (QED) is 0.689. The smallest absolute Gasteiger partial charge is 0.264 e. The minimum atomic E-state index is -3.81. The lowest BCUT2D eigenvalue weighted by Crippen LogP contribution is -2.23. The van der Waals surface area contributed by atoms with Crippen LogP contribution in [0.5, 0.6) is 5.75 Å². The molecule has 0 saturated heterocycles. The summed E-state index contributed by atoms with van der Waals surface area (Å²) >= 11 is 0. The van der Waals surface area contributed by atoms with Gasteiger partial charge in [-0.3, -0.25) is 4.79 Å². The van der Waals surface area contributed by atoms with Crippen molar-refractivity contribution in [3.05, 3.63) is 76.6 Å². The van der Waals surface area contributed by atoms with Gasteiger partial charge in [-0.05, 0) is 29.8 Å². The molecule has 1 heterocycles. The number of aromatic nitrogens is 2. The molecule has 7 nitrogen and oxygen atoms in total. The minimum Gasteiger partial charge on any atom is -0.495 e. The second-order valence-corrected chi connectivity index (χ2v) is 7.22. The Balaban J connectivity index is 1.95. The van der Waals surface area contributed by atoms with Gasteiger partial charge >= 0.3 is 0 Å². The Labute approximate surface area is 150 Å². The van der Waals surface area contributed by atoms with Crippen LogP contribution in [0.1, 0.15) is 5.56 Å². The van der Waals surface area contributed by atoms with E-state index in [4.69, 9.17) is 4.74 Å². The topological polar surface area (TPSA) is 101 Å². The van der Waals surface area contributed by atoms with Crippen LogP contribution >= 0.6 is 0 Å². The van der Waals surface area contributed by atoms with Crippen LogP contribution in [0.15, 0.2) is 70.4 Å². The molecule has 2 aromatic carbocycles. The zero-order chi connectivity index (χ0) is 18.6. The molecule has 0 aliphatic rings. The van der Waals surface area contributed by atoms with Crippen LogP contribution in [-0.4, -0.2) is 25.7 Å². The second kappa shape index (κ2) is 7.51. The molecule has 0 aliphatic heterocycles. The lowest BCUT2D eigenvalue weighted by atomic mass is 10.1. The number of hydrogen-bond acceptors (Lipinski definition) is 5. The summed E-state index contributed by atoms with van der Waals surface area (Å²) in [7, 11) is -2.41. The van der Waals surface area contributed by atoms with Gasteiger partial charge in [0.2, 0.25) is 10.0 Å². The van der Waals surface area contributed by atoms with Crippen LogP contribution in [0.2, 0.25) is 0 Å². The number of sulfonamides is 1. The number of benzene rings is 2. The van der Waals surface area contributed by atoms with Crippen molar-refractivity contribution in [2.45, 2.75) is 11.4 Å². The highest BCUT2D eigenvalue weighted by Gasteiger charge is 2.20. The molecule has 0 aliphatic carbocycles. The summed E-state index contributed by atoms with van der Waals surface area (Å²) in [6, 6.07) is 16.8. The first-order valence-electron chi connectivity index (χ1n) is 7.77. The van der Waals surface area contributed by atoms with Gasteiger partial charge in [0.15, 0.2) is 0 Å². The maximum Gasteiger partial charge on any atom is 0.264 e. The number of H-pyrrole nitrogens is 1. The fraction of sp³-hybridized carbons (Fsp3) is 0.111. The zero-order valence-electron chi connectivity index (χ0n) is 14.0. The molecule has 0 radical (unpaired) electrons. The van der Waals surface area contributed by atoms with Crippen molar-refractivity contribution in [3.8, 4) is 17.0 Å². The van der Waals surface area contributed by atoms with Crippen molar-refractivity contribution in [1.82, 2.24) is 14.9 Å². The molecule has 0 amide bonds. The number of ether oxygens (including phenoxy) is 1. The van der Waals surface area contributed by atoms with E-state index in [1.54, 1.807) is 12.1 Å². The third-order valence-corrected chi connectivity index (χ3v) is 5.16. The average Bonchev–Trinajstić information content (AvgIpc) is 2.67. The molecule has 134 valence electrons. The van der Waals surface area contributed by atoms with Gasteiger partial charge in [-0.15, -0.1) is 0 Å². The Kier molecular flexibility index (Phi) is 5.15. The Bertz CT molecular complexity index is 1040. The Morgan fingerprint density at radius 3 is 2.50 bits per heavy atom. The van der Waals surface area contributed by atoms with Crippen molar-refractivity contribution in [1.29, 1.82) is 0 Å². The van der Waals surface area contributed by atoms with Gasteiger partial charge in [-0.25, -0.2) is 18.2 Å². The highest BCUT2D eigenvalue weighted by molar-refractivity contribution is 7.89. The molecule has 0 atom stereocenters.